The minimum atomic E-state index is -0.0383. The van der Waals surface area contributed by atoms with E-state index in [1.807, 2.05) is 44.4 Å². The van der Waals surface area contributed by atoms with Crippen LogP contribution in [0, 0.1) is 6.92 Å². The van der Waals surface area contributed by atoms with E-state index in [-0.39, 0.29) is 5.91 Å². The summed E-state index contributed by atoms with van der Waals surface area (Å²) in [5.41, 5.74) is 2.73. The first-order chi connectivity index (χ1) is 14.0. The summed E-state index contributed by atoms with van der Waals surface area (Å²) in [5, 5.41) is 0.740. The van der Waals surface area contributed by atoms with E-state index in [9.17, 15) is 4.79 Å². The van der Waals surface area contributed by atoms with Gasteiger partial charge in [0.05, 0.1) is 16.8 Å². The van der Waals surface area contributed by atoms with Crippen molar-refractivity contribution >= 4 is 32.6 Å². The highest BCUT2D eigenvalue weighted by Gasteiger charge is 2.22. The zero-order valence-electron chi connectivity index (χ0n) is 17.6. The smallest absolute Gasteiger partial charge is 0.260 e. The molecule has 0 unspecified atom stereocenters. The number of likely N-dealkylation sites (N-methyl/N-ethyl adjacent to an activating group) is 1. The van der Waals surface area contributed by atoms with Crippen molar-refractivity contribution in [1.82, 2.24) is 9.88 Å². The maximum Gasteiger partial charge on any atom is 0.260 e. The Bertz CT molecular complexity index is 950. The van der Waals surface area contributed by atoms with Gasteiger partial charge in [0, 0.05) is 18.7 Å². The third-order valence-electron chi connectivity index (χ3n) is 4.72. The number of amides is 1. The summed E-state index contributed by atoms with van der Waals surface area (Å²) in [6, 6.07) is 13.6. The number of ether oxygens (including phenoxy) is 1. The molecule has 2 aromatic carbocycles. The molecule has 5 nitrogen and oxygen atoms in total. The molecule has 3 aromatic rings. The number of fused-ring (bicyclic) bond motifs is 1. The third-order valence-corrected chi connectivity index (χ3v) is 5.77. The van der Waals surface area contributed by atoms with Gasteiger partial charge >= 0.3 is 0 Å². The van der Waals surface area contributed by atoms with E-state index in [1.165, 1.54) is 0 Å². The quantitative estimate of drug-likeness (QED) is 0.465. The first-order valence-corrected chi connectivity index (χ1v) is 10.9. The van der Waals surface area contributed by atoms with E-state index in [0.717, 1.165) is 46.0 Å². The van der Waals surface area contributed by atoms with Crippen LogP contribution in [0.5, 0.6) is 5.75 Å². The van der Waals surface area contributed by atoms with E-state index in [2.05, 4.69) is 30.9 Å². The molecular weight excluding hydrogens is 382 g/mol. The predicted octanol–water partition coefficient (Wildman–Crippen LogP) is 4.99. The van der Waals surface area contributed by atoms with E-state index < -0.39 is 0 Å². The molecule has 6 heteroatoms. The number of aromatic nitrogens is 1. The number of benzene rings is 2. The largest absolute Gasteiger partial charge is 0.494 e. The molecule has 1 heterocycles. The fourth-order valence-corrected chi connectivity index (χ4v) is 4.03. The average molecular weight is 412 g/mol. The summed E-state index contributed by atoms with van der Waals surface area (Å²) >= 11 is 1.56. The fourth-order valence-electron chi connectivity index (χ4n) is 2.96. The van der Waals surface area contributed by atoms with Crippen molar-refractivity contribution in [3.63, 3.8) is 0 Å². The average Bonchev–Trinajstić information content (AvgIpc) is 3.14. The number of carbonyl (C=O) groups excluding carboxylic acids is 1. The van der Waals surface area contributed by atoms with Gasteiger partial charge in [-0.05, 0) is 63.3 Å². The molecule has 0 spiro atoms. The maximum absolute atomic E-state index is 13.3. The maximum atomic E-state index is 13.3. The van der Waals surface area contributed by atoms with Gasteiger partial charge in [-0.2, -0.15) is 0 Å². The lowest BCUT2D eigenvalue weighted by Crippen LogP contribution is -2.36. The van der Waals surface area contributed by atoms with Crippen molar-refractivity contribution in [2.75, 3.05) is 38.7 Å². The molecule has 0 atom stereocenters. The summed E-state index contributed by atoms with van der Waals surface area (Å²) in [6.45, 7) is 6.23. The van der Waals surface area contributed by atoms with Gasteiger partial charge in [-0.25, -0.2) is 4.98 Å². The van der Waals surface area contributed by atoms with Crippen LogP contribution in [0.1, 0.15) is 35.7 Å². The molecule has 0 aliphatic rings. The number of rotatable bonds is 9. The number of thiazole rings is 1. The Morgan fingerprint density at radius 1 is 1.10 bits per heavy atom. The van der Waals surface area contributed by atoms with E-state index in [0.29, 0.717) is 18.7 Å². The van der Waals surface area contributed by atoms with E-state index >= 15 is 0 Å². The van der Waals surface area contributed by atoms with Crippen molar-refractivity contribution in [2.45, 2.75) is 26.7 Å². The highest BCUT2D eigenvalue weighted by molar-refractivity contribution is 7.22. The standard InChI is InChI=1S/C23H29N3O2S/c1-5-6-16-28-19-12-10-18(11-13-19)22(27)26(15-14-25(3)4)23-24-21-17(2)8-7-9-20(21)29-23/h7-13H,5-6,14-16H2,1-4H3. The van der Waals surface area contributed by atoms with Crippen LogP contribution >= 0.6 is 11.3 Å². The topological polar surface area (TPSA) is 45.7 Å². The second-order valence-electron chi connectivity index (χ2n) is 7.40. The number of aryl methyl sites for hydroxylation is 1. The highest BCUT2D eigenvalue weighted by atomic mass is 32.1. The van der Waals surface area contributed by atoms with Gasteiger partial charge in [0.2, 0.25) is 0 Å². The molecule has 1 amide bonds. The van der Waals surface area contributed by atoms with Gasteiger partial charge < -0.3 is 9.64 Å². The Hall–Kier alpha value is -2.44. The lowest BCUT2D eigenvalue weighted by molar-refractivity contribution is 0.0985. The molecule has 3 rings (SSSR count). The first kappa shape index (κ1) is 21.3. The van der Waals surface area contributed by atoms with E-state index in [1.54, 1.807) is 16.2 Å². The minimum Gasteiger partial charge on any atom is -0.494 e. The van der Waals surface area contributed by atoms with Crippen LogP contribution in [0.2, 0.25) is 0 Å². The lowest BCUT2D eigenvalue weighted by Gasteiger charge is -2.22. The molecule has 29 heavy (non-hydrogen) atoms. The number of anilines is 1. The number of hydrogen-bond acceptors (Lipinski definition) is 5. The molecule has 0 N–H and O–H groups in total. The molecule has 154 valence electrons. The molecule has 0 radical (unpaired) electrons. The predicted molar refractivity (Wildman–Crippen MR) is 121 cm³/mol. The summed E-state index contributed by atoms with van der Waals surface area (Å²) in [6.07, 6.45) is 2.12. The normalized spacial score (nSPS) is 11.2. The molecule has 0 bridgehead atoms. The number of unbranched alkanes of at least 4 members (excludes halogenated alkanes) is 1. The fraction of sp³-hybridized carbons (Fsp3) is 0.391. The molecule has 1 aromatic heterocycles. The number of carbonyl (C=O) groups is 1. The SMILES string of the molecule is CCCCOc1ccc(C(=O)N(CCN(C)C)c2nc3c(C)cccc3s2)cc1. The summed E-state index contributed by atoms with van der Waals surface area (Å²) in [5.74, 6) is 0.758. The minimum absolute atomic E-state index is 0.0383. The molecule has 0 aliphatic heterocycles. The third kappa shape index (κ3) is 5.34. The Balaban J connectivity index is 1.85. The van der Waals surface area contributed by atoms with Crippen molar-refractivity contribution in [1.29, 1.82) is 0 Å². The van der Waals surface area contributed by atoms with Gasteiger partial charge in [0.15, 0.2) is 5.13 Å². The Morgan fingerprint density at radius 3 is 2.52 bits per heavy atom. The van der Waals surface area contributed by atoms with Crippen LogP contribution < -0.4 is 9.64 Å². The molecule has 0 fully saturated rings. The zero-order valence-corrected chi connectivity index (χ0v) is 18.5. The van der Waals surface area contributed by atoms with Gasteiger partial charge in [0.1, 0.15) is 5.75 Å². The van der Waals surface area contributed by atoms with Gasteiger partial charge in [-0.15, -0.1) is 0 Å². The van der Waals surface area contributed by atoms with Gasteiger partial charge in [-0.1, -0.05) is 36.8 Å². The number of nitrogens with zero attached hydrogens (tertiary/aromatic N) is 3. The Labute approximate surface area is 176 Å². The van der Waals surface area contributed by atoms with Crippen LogP contribution in [0.25, 0.3) is 10.2 Å². The molecule has 0 saturated carbocycles. The Kier molecular flexibility index (Phi) is 7.23. The van der Waals surface area contributed by atoms with E-state index in [4.69, 9.17) is 9.72 Å². The van der Waals surface area contributed by atoms with Crippen LogP contribution in [-0.2, 0) is 0 Å². The zero-order chi connectivity index (χ0) is 20.8. The van der Waals surface area contributed by atoms with Gasteiger partial charge in [-0.3, -0.25) is 9.69 Å². The summed E-state index contributed by atoms with van der Waals surface area (Å²) < 4.78 is 6.82. The van der Waals surface area contributed by atoms with Crippen LogP contribution in [0.4, 0.5) is 5.13 Å². The van der Waals surface area contributed by atoms with Crippen LogP contribution in [0.15, 0.2) is 42.5 Å². The van der Waals surface area contributed by atoms with Crippen LogP contribution in [-0.4, -0.2) is 49.6 Å². The number of hydrogen-bond donors (Lipinski definition) is 0. The van der Waals surface area contributed by atoms with Crippen LogP contribution in [0.3, 0.4) is 0 Å². The highest BCUT2D eigenvalue weighted by Crippen LogP contribution is 2.31. The second kappa shape index (κ2) is 9.85. The molecule has 0 aliphatic carbocycles. The first-order valence-electron chi connectivity index (χ1n) is 10.0. The lowest BCUT2D eigenvalue weighted by atomic mass is 10.2. The van der Waals surface area contributed by atoms with Gasteiger partial charge in [0.25, 0.3) is 5.91 Å². The van der Waals surface area contributed by atoms with Crippen molar-refractivity contribution in [2.24, 2.45) is 0 Å². The van der Waals surface area contributed by atoms with Crippen molar-refractivity contribution in [3.05, 3.63) is 53.6 Å². The summed E-state index contributed by atoms with van der Waals surface area (Å²) in [7, 11) is 4.02. The molecular formula is C23H29N3O2S. The summed E-state index contributed by atoms with van der Waals surface area (Å²) in [4.78, 5) is 22.0. The second-order valence-corrected chi connectivity index (χ2v) is 8.41. The van der Waals surface area contributed by atoms with Crippen molar-refractivity contribution in [3.8, 4) is 5.75 Å². The van der Waals surface area contributed by atoms with Crippen molar-refractivity contribution < 1.29 is 9.53 Å². The Morgan fingerprint density at radius 2 is 1.86 bits per heavy atom. The monoisotopic (exact) mass is 411 g/mol. The number of para-hydroxylation sites is 1. The molecule has 0 saturated heterocycles.